The van der Waals surface area contributed by atoms with Crippen molar-refractivity contribution in [2.24, 2.45) is 0 Å². The molecule has 2 atom stereocenters. The molecule has 108 valence electrons. The van der Waals surface area contributed by atoms with Crippen LogP contribution in [0.15, 0.2) is 18.2 Å². The molecule has 5 heteroatoms. The maximum Gasteiger partial charge on any atom is 0.250 e. The Hall–Kier alpha value is -2.04. The monoisotopic (exact) mass is 276 g/mol. The fraction of sp³-hybridized carbons (Fsp3) is 0.467. The maximum atomic E-state index is 12.5. The molecule has 1 aliphatic rings. The SMILES string of the molecule is CCC1NC(=O)C(C)N(c2cc(C)ccc2OC)C1=O. The number of carbonyl (C=O) groups is 2. The van der Waals surface area contributed by atoms with Crippen LogP contribution in [0.4, 0.5) is 5.69 Å². The van der Waals surface area contributed by atoms with Gasteiger partial charge in [0, 0.05) is 0 Å². The van der Waals surface area contributed by atoms with Gasteiger partial charge in [0.25, 0.3) is 0 Å². The standard InChI is InChI=1S/C15H20N2O3/c1-5-11-15(19)17(10(3)14(18)16-11)12-8-9(2)6-7-13(12)20-4/h6-8,10-11H,5H2,1-4H3,(H,16,18). The molecule has 1 saturated heterocycles. The lowest BCUT2D eigenvalue weighted by molar-refractivity contribution is -0.133. The number of hydrogen-bond acceptors (Lipinski definition) is 3. The lowest BCUT2D eigenvalue weighted by Gasteiger charge is -2.37. The molecule has 5 nitrogen and oxygen atoms in total. The molecule has 1 fully saturated rings. The molecule has 2 unspecified atom stereocenters. The number of carbonyl (C=O) groups excluding carboxylic acids is 2. The Kier molecular flexibility index (Phi) is 3.97. The lowest BCUT2D eigenvalue weighted by Crippen LogP contribution is -2.62. The van der Waals surface area contributed by atoms with Crippen molar-refractivity contribution >= 4 is 17.5 Å². The predicted octanol–water partition coefficient (Wildman–Crippen LogP) is 1.63. The predicted molar refractivity (Wildman–Crippen MR) is 76.9 cm³/mol. The molecule has 1 heterocycles. The minimum Gasteiger partial charge on any atom is -0.495 e. The average Bonchev–Trinajstić information content (AvgIpc) is 2.43. The molecule has 0 bridgehead atoms. The van der Waals surface area contributed by atoms with Crippen LogP contribution in [-0.2, 0) is 9.59 Å². The van der Waals surface area contributed by atoms with Gasteiger partial charge in [-0.05, 0) is 38.0 Å². The molecule has 0 saturated carbocycles. The molecule has 1 aliphatic heterocycles. The number of ether oxygens (including phenoxy) is 1. The minimum absolute atomic E-state index is 0.0940. The summed E-state index contributed by atoms with van der Waals surface area (Å²) < 4.78 is 5.33. The zero-order chi connectivity index (χ0) is 14.9. The average molecular weight is 276 g/mol. The van der Waals surface area contributed by atoms with Crippen LogP contribution in [0, 0.1) is 6.92 Å². The summed E-state index contributed by atoms with van der Waals surface area (Å²) in [5, 5.41) is 2.75. The Morgan fingerprint density at radius 1 is 1.35 bits per heavy atom. The molecule has 1 N–H and O–H groups in total. The minimum atomic E-state index is -0.541. The summed E-state index contributed by atoms with van der Waals surface area (Å²) in [5.74, 6) is 0.365. The van der Waals surface area contributed by atoms with Crippen molar-refractivity contribution in [1.82, 2.24) is 5.32 Å². The van der Waals surface area contributed by atoms with E-state index in [2.05, 4.69) is 5.32 Å². The molecule has 0 aliphatic carbocycles. The fourth-order valence-corrected chi connectivity index (χ4v) is 2.42. The summed E-state index contributed by atoms with van der Waals surface area (Å²) in [6.45, 7) is 5.55. The number of nitrogens with one attached hydrogen (secondary N) is 1. The zero-order valence-corrected chi connectivity index (χ0v) is 12.3. The van der Waals surface area contributed by atoms with Crippen LogP contribution >= 0.6 is 0 Å². The Morgan fingerprint density at radius 3 is 2.65 bits per heavy atom. The molecule has 1 aromatic rings. The molecule has 0 spiro atoms. The van der Waals surface area contributed by atoms with Gasteiger partial charge in [0.1, 0.15) is 17.8 Å². The van der Waals surface area contributed by atoms with E-state index < -0.39 is 12.1 Å². The smallest absolute Gasteiger partial charge is 0.250 e. The first kappa shape index (κ1) is 14.4. The van der Waals surface area contributed by atoms with E-state index in [1.807, 2.05) is 32.0 Å². The first-order chi connectivity index (χ1) is 9.49. The van der Waals surface area contributed by atoms with Crippen molar-refractivity contribution in [2.45, 2.75) is 39.3 Å². The number of anilines is 1. The fourth-order valence-electron chi connectivity index (χ4n) is 2.42. The summed E-state index contributed by atoms with van der Waals surface area (Å²) in [4.78, 5) is 26.1. The Morgan fingerprint density at radius 2 is 2.05 bits per heavy atom. The molecular formula is C15H20N2O3. The summed E-state index contributed by atoms with van der Waals surface area (Å²) >= 11 is 0. The number of hydrogen-bond donors (Lipinski definition) is 1. The normalized spacial score (nSPS) is 22.7. The third-order valence-corrected chi connectivity index (χ3v) is 3.62. The summed E-state index contributed by atoms with van der Waals surface area (Å²) in [6.07, 6.45) is 0.571. The van der Waals surface area contributed by atoms with E-state index in [0.717, 1.165) is 5.56 Å². The van der Waals surface area contributed by atoms with Gasteiger partial charge in [-0.3, -0.25) is 14.5 Å². The van der Waals surface area contributed by atoms with E-state index in [9.17, 15) is 9.59 Å². The number of aryl methyl sites for hydroxylation is 1. The molecule has 2 rings (SSSR count). The van der Waals surface area contributed by atoms with Crippen molar-refractivity contribution in [1.29, 1.82) is 0 Å². The summed E-state index contributed by atoms with van der Waals surface area (Å²) in [7, 11) is 1.56. The largest absolute Gasteiger partial charge is 0.495 e. The van der Waals surface area contributed by atoms with Crippen molar-refractivity contribution in [3.05, 3.63) is 23.8 Å². The van der Waals surface area contributed by atoms with Crippen molar-refractivity contribution in [3.8, 4) is 5.75 Å². The highest BCUT2D eigenvalue weighted by Gasteiger charge is 2.39. The van der Waals surface area contributed by atoms with E-state index in [1.165, 1.54) is 0 Å². The Labute approximate surface area is 118 Å². The number of piperazine rings is 1. The van der Waals surface area contributed by atoms with Crippen LogP contribution < -0.4 is 15.0 Å². The van der Waals surface area contributed by atoms with E-state index in [0.29, 0.717) is 17.9 Å². The van der Waals surface area contributed by atoms with Crippen molar-refractivity contribution in [2.75, 3.05) is 12.0 Å². The van der Waals surface area contributed by atoms with Gasteiger partial charge in [-0.2, -0.15) is 0 Å². The number of methoxy groups -OCH3 is 1. The molecular weight excluding hydrogens is 256 g/mol. The maximum absolute atomic E-state index is 12.5. The third-order valence-electron chi connectivity index (χ3n) is 3.62. The Balaban J connectivity index is 2.50. The third kappa shape index (κ3) is 2.35. The molecule has 2 amide bonds. The summed E-state index contributed by atoms with van der Waals surface area (Å²) in [6, 6.07) is 4.60. The van der Waals surface area contributed by atoms with Crippen LogP contribution in [0.2, 0.25) is 0 Å². The number of nitrogens with zero attached hydrogens (tertiary/aromatic N) is 1. The zero-order valence-electron chi connectivity index (χ0n) is 12.3. The van der Waals surface area contributed by atoms with E-state index in [4.69, 9.17) is 4.74 Å². The van der Waals surface area contributed by atoms with Crippen LogP contribution in [0.1, 0.15) is 25.8 Å². The highest BCUT2D eigenvalue weighted by atomic mass is 16.5. The van der Waals surface area contributed by atoms with Gasteiger partial charge >= 0.3 is 0 Å². The molecule has 0 radical (unpaired) electrons. The van der Waals surface area contributed by atoms with Gasteiger partial charge in [0.05, 0.1) is 12.8 Å². The van der Waals surface area contributed by atoms with Gasteiger partial charge in [0.15, 0.2) is 0 Å². The summed E-state index contributed by atoms with van der Waals surface area (Å²) in [5.41, 5.74) is 1.66. The highest BCUT2D eigenvalue weighted by molar-refractivity contribution is 6.08. The number of rotatable bonds is 3. The topological polar surface area (TPSA) is 58.6 Å². The number of benzene rings is 1. The second-order valence-corrected chi connectivity index (χ2v) is 5.03. The highest BCUT2D eigenvalue weighted by Crippen LogP contribution is 2.32. The molecule has 20 heavy (non-hydrogen) atoms. The second kappa shape index (κ2) is 5.53. The first-order valence-corrected chi connectivity index (χ1v) is 6.77. The van der Waals surface area contributed by atoms with Gasteiger partial charge in [-0.1, -0.05) is 13.0 Å². The van der Waals surface area contributed by atoms with Gasteiger partial charge in [0.2, 0.25) is 11.8 Å². The van der Waals surface area contributed by atoms with Gasteiger partial charge < -0.3 is 10.1 Å². The quantitative estimate of drug-likeness (QED) is 0.913. The number of amides is 2. The van der Waals surface area contributed by atoms with Crippen LogP contribution in [-0.4, -0.2) is 31.0 Å². The van der Waals surface area contributed by atoms with E-state index in [-0.39, 0.29) is 11.8 Å². The van der Waals surface area contributed by atoms with Crippen LogP contribution in [0.25, 0.3) is 0 Å². The van der Waals surface area contributed by atoms with Crippen molar-refractivity contribution in [3.63, 3.8) is 0 Å². The lowest BCUT2D eigenvalue weighted by atomic mass is 10.0. The second-order valence-electron chi connectivity index (χ2n) is 5.03. The van der Waals surface area contributed by atoms with Crippen molar-refractivity contribution < 1.29 is 14.3 Å². The van der Waals surface area contributed by atoms with Crippen LogP contribution in [0.5, 0.6) is 5.75 Å². The first-order valence-electron chi connectivity index (χ1n) is 6.77. The Bertz CT molecular complexity index is 542. The van der Waals surface area contributed by atoms with Gasteiger partial charge in [-0.15, -0.1) is 0 Å². The molecule has 0 aromatic heterocycles. The van der Waals surface area contributed by atoms with E-state index >= 15 is 0 Å². The van der Waals surface area contributed by atoms with E-state index in [1.54, 1.807) is 18.9 Å². The molecule has 1 aromatic carbocycles. The van der Waals surface area contributed by atoms with Gasteiger partial charge in [-0.25, -0.2) is 0 Å². The van der Waals surface area contributed by atoms with Crippen LogP contribution in [0.3, 0.4) is 0 Å².